The Balaban J connectivity index is 1.76. The van der Waals surface area contributed by atoms with Crippen molar-refractivity contribution in [3.63, 3.8) is 0 Å². The van der Waals surface area contributed by atoms with E-state index >= 15 is 0 Å². The second-order valence-electron chi connectivity index (χ2n) is 7.84. The molecule has 2 amide bonds. The van der Waals surface area contributed by atoms with Gasteiger partial charge in [-0.25, -0.2) is 0 Å². The van der Waals surface area contributed by atoms with Gasteiger partial charge in [-0.2, -0.15) is 0 Å². The van der Waals surface area contributed by atoms with Gasteiger partial charge in [-0.1, -0.05) is 13.0 Å². The maximum Gasteiger partial charge on any atom is 0.250 e. The molecule has 3 aliphatic heterocycles. The van der Waals surface area contributed by atoms with Gasteiger partial charge in [-0.05, 0) is 25.3 Å². The highest BCUT2D eigenvalue weighted by Crippen LogP contribution is 2.49. The molecule has 0 radical (unpaired) electrons. The van der Waals surface area contributed by atoms with Gasteiger partial charge in [0.15, 0.2) is 0 Å². The third-order valence-electron chi connectivity index (χ3n) is 6.46. The van der Waals surface area contributed by atoms with Crippen molar-refractivity contribution in [1.82, 2.24) is 14.4 Å². The van der Waals surface area contributed by atoms with Gasteiger partial charge in [0.1, 0.15) is 6.04 Å². The number of carbonyl (C=O) groups is 2. The summed E-state index contributed by atoms with van der Waals surface area (Å²) in [5, 5.41) is 10.2. The van der Waals surface area contributed by atoms with Gasteiger partial charge in [-0.15, -0.1) is 0 Å². The Morgan fingerprint density at radius 1 is 1.19 bits per heavy atom. The molecule has 1 N–H and O–H groups in total. The fraction of sp³-hybridized carbons (Fsp3) is 0.650. The van der Waals surface area contributed by atoms with Crippen molar-refractivity contribution in [1.29, 1.82) is 0 Å². The average molecular weight is 373 g/mol. The number of aromatic nitrogens is 1. The molecular weight excluding hydrogens is 346 g/mol. The quantitative estimate of drug-likeness (QED) is 0.848. The molecule has 2 fully saturated rings. The molecule has 4 heterocycles. The van der Waals surface area contributed by atoms with Crippen molar-refractivity contribution in [2.75, 3.05) is 19.7 Å². The minimum absolute atomic E-state index is 0.0465. The van der Waals surface area contributed by atoms with E-state index in [4.69, 9.17) is 0 Å². The lowest BCUT2D eigenvalue weighted by atomic mass is 9.88. The van der Waals surface area contributed by atoms with Crippen molar-refractivity contribution >= 4 is 11.8 Å². The lowest BCUT2D eigenvalue weighted by Crippen LogP contribution is -2.52. The molecule has 146 valence electrons. The second-order valence-corrected chi connectivity index (χ2v) is 7.84. The Bertz CT molecular complexity index is 799. The first-order valence-corrected chi connectivity index (χ1v) is 9.99. The number of rotatable bonds is 3. The SMILES string of the molecule is CCC(=O)N1[C@@H]2c3cccc(=O)n3C[C@@H]2[C@@H](CO)[C@@H]1C(=O)N1CCCCC1. The van der Waals surface area contributed by atoms with E-state index in [1.54, 1.807) is 22.5 Å². The molecular formula is C20H27N3O4. The van der Waals surface area contributed by atoms with E-state index < -0.39 is 6.04 Å². The highest BCUT2D eigenvalue weighted by Gasteiger charge is 2.57. The molecule has 4 rings (SSSR count). The zero-order valence-electron chi connectivity index (χ0n) is 15.7. The number of carbonyl (C=O) groups excluding carboxylic acids is 2. The summed E-state index contributed by atoms with van der Waals surface area (Å²) in [7, 11) is 0. The van der Waals surface area contributed by atoms with Crippen LogP contribution in [0.5, 0.6) is 0 Å². The smallest absolute Gasteiger partial charge is 0.250 e. The second kappa shape index (κ2) is 7.11. The molecule has 7 nitrogen and oxygen atoms in total. The number of fused-ring (bicyclic) bond motifs is 3. The van der Waals surface area contributed by atoms with E-state index in [9.17, 15) is 19.5 Å². The summed E-state index contributed by atoms with van der Waals surface area (Å²) in [6.45, 7) is 3.50. The molecule has 0 spiro atoms. The van der Waals surface area contributed by atoms with Crippen molar-refractivity contribution in [3.8, 4) is 0 Å². The number of piperidine rings is 1. The lowest BCUT2D eigenvalue weighted by molar-refractivity contribution is -0.147. The number of aliphatic hydroxyl groups excluding tert-OH is 1. The molecule has 2 saturated heterocycles. The molecule has 27 heavy (non-hydrogen) atoms. The Hall–Kier alpha value is -2.15. The van der Waals surface area contributed by atoms with Gasteiger partial charge >= 0.3 is 0 Å². The molecule has 0 aliphatic carbocycles. The first-order valence-electron chi connectivity index (χ1n) is 9.99. The third-order valence-corrected chi connectivity index (χ3v) is 6.46. The number of likely N-dealkylation sites (tertiary alicyclic amines) is 2. The largest absolute Gasteiger partial charge is 0.396 e. The van der Waals surface area contributed by atoms with E-state index in [2.05, 4.69) is 0 Å². The highest BCUT2D eigenvalue weighted by molar-refractivity contribution is 5.89. The first-order chi connectivity index (χ1) is 13.1. The Kier molecular flexibility index (Phi) is 4.80. The number of aliphatic hydroxyl groups is 1. The summed E-state index contributed by atoms with van der Waals surface area (Å²) in [6, 6.07) is 4.13. The van der Waals surface area contributed by atoms with Crippen LogP contribution in [0.15, 0.2) is 23.0 Å². The van der Waals surface area contributed by atoms with E-state index in [1.165, 1.54) is 6.07 Å². The van der Waals surface area contributed by atoms with Gasteiger partial charge in [0.2, 0.25) is 11.8 Å². The maximum absolute atomic E-state index is 13.4. The van der Waals surface area contributed by atoms with Gasteiger partial charge in [-0.3, -0.25) is 14.4 Å². The monoisotopic (exact) mass is 373 g/mol. The average Bonchev–Trinajstić information content (AvgIpc) is 3.22. The molecule has 3 aliphatic rings. The van der Waals surface area contributed by atoms with Crippen molar-refractivity contribution in [3.05, 3.63) is 34.2 Å². The zero-order chi connectivity index (χ0) is 19.1. The number of hydrogen-bond donors (Lipinski definition) is 1. The molecule has 4 atom stereocenters. The predicted octanol–water partition coefficient (Wildman–Crippen LogP) is 0.761. The van der Waals surface area contributed by atoms with Crippen LogP contribution in [0.1, 0.15) is 44.3 Å². The van der Waals surface area contributed by atoms with Gasteiger partial charge in [0.05, 0.1) is 6.04 Å². The van der Waals surface area contributed by atoms with E-state index in [0.717, 1.165) is 25.0 Å². The fourth-order valence-electron chi connectivity index (χ4n) is 5.18. The summed E-state index contributed by atoms with van der Waals surface area (Å²) in [6.07, 6.45) is 3.38. The Morgan fingerprint density at radius 2 is 1.93 bits per heavy atom. The number of nitrogens with zero attached hydrogens (tertiary/aromatic N) is 3. The fourth-order valence-corrected chi connectivity index (χ4v) is 5.18. The normalized spacial score (nSPS) is 29.6. The summed E-state index contributed by atoms with van der Waals surface area (Å²) in [4.78, 5) is 42.1. The van der Waals surface area contributed by atoms with Crippen LogP contribution in [0.2, 0.25) is 0 Å². The van der Waals surface area contributed by atoms with Gasteiger partial charge in [0.25, 0.3) is 5.56 Å². The molecule has 0 saturated carbocycles. The molecule has 1 aromatic rings. The van der Waals surface area contributed by atoms with Gasteiger partial charge in [0, 0.05) is 56.3 Å². The van der Waals surface area contributed by atoms with Gasteiger partial charge < -0.3 is 19.5 Å². The van der Waals surface area contributed by atoms with Crippen LogP contribution in [-0.2, 0) is 16.1 Å². The van der Waals surface area contributed by atoms with Crippen molar-refractivity contribution in [2.45, 2.75) is 51.2 Å². The Morgan fingerprint density at radius 3 is 2.59 bits per heavy atom. The summed E-state index contributed by atoms with van der Waals surface area (Å²) < 4.78 is 1.69. The number of pyridine rings is 1. The molecule has 0 unspecified atom stereocenters. The van der Waals surface area contributed by atoms with Crippen LogP contribution < -0.4 is 5.56 Å². The first kappa shape index (κ1) is 18.2. The topological polar surface area (TPSA) is 82.9 Å². The number of hydrogen-bond acceptors (Lipinski definition) is 4. The lowest BCUT2D eigenvalue weighted by Gasteiger charge is -2.36. The van der Waals surface area contributed by atoms with Crippen LogP contribution in [-0.4, -0.2) is 57.0 Å². The van der Waals surface area contributed by atoms with Crippen LogP contribution in [0.4, 0.5) is 0 Å². The van der Waals surface area contributed by atoms with Crippen LogP contribution in [0, 0.1) is 11.8 Å². The number of amides is 2. The zero-order valence-corrected chi connectivity index (χ0v) is 15.7. The molecule has 7 heteroatoms. The molecule has 1 aromatic heterocycles. The predicted molar refractivity (Wildman–Crippen MR) is 98.9 cm³/mol. The third kappa shape index (κ3) is 2.79. The maximum atomic E-state index is 13.4. The van der Waals surface area contributed by atoms with E-state index in [0.29, 0.717) is 26.1 Å². The Labute approximate surface area is 158 Å². The van der Waals surface area contributed by atoms with E-state index in [-0.39, 0.29) is 41.9 Å². The molecule has 0 aromatic carbocycles. The minimum Gasteiger partial charge on any atom is -0.396 e. The van der Waals surface area contributed by atoms with Crippen molar-refractivity contribution < 1.29 is 14.7 Å². The van der Waals surface area contributed by atoms with E-state index in [1.807, 2.05) is 11.0 Å². The standard InChI is InChI=1S/C20H27N3O4/c1-2-16(25)23-18-13(11-22-15(18)7-6-8-17(22)26)14(12-24)19(23)20(27)21-9-4-3-5-10-21/h6-8,13-14,18-19,24H,2-5,9-12H2,1H3/t13-,14-,18+,19-/m1/s1. The van der Waals surface area contributed by atoms with Crippen LogP contribution in [0.25, 0.3) is 0 Å². The highest BCUT2D eigenvalue weighted by atomic mass is 16.3. The summed E-state index contributed by atoms with van der Waals surface area (Å²) in [5.41, 5.74) is 0.683. The molecule has 0 bridgehead atoms. The summed E-state index contributed by atoms with van der Waals surface area (Å²) in [5.74, 6) is -0.602. The van der Waals surface area contributed by atoms with Crippen molar-refractivity contribution in [2.24, 2.45) is 11.8 Å². The minimum atomic E-state index is -0.639. The van der Waals surface area contributed by atoms with Crippen LogP contribution >= 0.6 is 0 Å². The van der Waals surface area contributed by atoms with Crippen LogP contribution in [0.3, 0.4) is 0 Å². The summed E-state index contributed by atoms with van der Waals surface area (Å²) >= 11 is 0.